The van der Waals surface area contributed by atoms with Crippen molar-refractivity contribution >= 4 is 24.0 Å². The molecule has 0 radical (unpaired) electrons. The van der Waals surface area contributed by atoms with Crippen LogP contribution in [0.2, 0.25) is 0 Å². The Morgan fingerprint density at radius 2 is 2.28 bits per heavy atom. The number of hydrogen-bond donors (Lipinski definition) is 2. The van der Waals surface area contributed by atoms with Gasteiger partial charge in [0, 0.05) is 24.6 Å². The molecule has 1 aromatic heterocycles. The maximum atomic E-state index is 12.4. The van der Waals surface area contributed by atoms with E-state index in [4.69, 9.17) is 4.74 Å². The Morgan fingerprint density at radius 1 is 1.44 bits per heavy atom. The first-order valence-electron chi connectivity index (χ1n) is 7.90. The molecule has 3 rings (SSSR count). The SMILES string of the molecule is C[C@H]1OCCN[C@@H]1C(=O)Nc1cccc(Cn2cccnc2=O)c1.Cl. The largest absolute Gasteiger partial charge is 0.375 e. The molecule has 2 aromatic rings. The van der Waals surface area contributed by atoms with Gasteiger partial charge in [0.05, 0.1) is 19.3 Å². The molecule has 7 nitrogen and oxygen atoms in total. The number of nitrogens with zero attached hydrogens (tertiary/aromatic N) is 2. The minimum Gasteiger partial charge on any atom is -0.375 e. The molecular formula is C17H21ClN4O3. The Bertz CT molecular complexity index is 780. The van der Waals surface area contributed by atoms with E-state index in [1.54, 1.807) is 12.3 Å². The smallest absolute Gasteiger partial charge is 0.347 e. The van der Waals surface area contributed by atoms with Crippen molar-refractivity contribution in [2.75, 3.05) is 18.5 Å². The van der Waals surface area contributed by atoms with E-state index in [0.717, 1.165) is 5.56 Å². The van der Waals surface area contributed by atoms with Crippen LogP contribution in [0.25, 0.3) is 0 Å². The third kappa shape index (κ3) is 4.88. The minimum absolute atomic E-state index is 0. The van der Waals surface area contributed by atoms with Gasteiger partial charge in [0.15, 0.2) is 0 Å². The Hall–Kier alpha value is -2.22. The molecule has 0 spiro atoms. The molecule has 2 atom stereocenters. The second-order valence-electron chi connectivity index (χ2n) is 5.73. The summed E-state index contributed by atoms with van der Waals surface area (Å²) in [5, 5.41) is 6.06. The van der Waals surface area contributed by atoms with Gasteiger partial charge in [-0.2, -0.15) is 0 Å². The number of ether oxygens (including phenoxy) is 1. The van der Waals surface area contributed by atoms with Crippen molar-refractivity contribution < 1.29 is 9.53 Å². The number of morpholine rings is 1. The fourth-order valence-corrected chi connectivity index (χ4v) is 2.70. The number of amides is 1. The molecule has 0 bridgehead atoms. The highest BCUT2D eigenvalue weighted by atomic mass is 35.5. The lowest BCUT2D eigenvalue weighted by Crippen LogP contribution is -2.53. The van der Waals surface area contributed by atoms with Gasteiger partial charge in [-0.1, -0.05) is 12.1 Å². The zero-order valence-electron chi connectivity index (χ0n) is 13.8. The average Bonchev–Trinajstić information content (AvgIpc) is 2.58. The summed E-state index contributed by atoms with van der Waals surface area (Å²) >= 11 is 0. The lowest BCUT2D eigenvalue weighted by Gasteiger charge is -2.29. The number of carbonyl (C=O) groups is 1. The van der Waals surface area contributed by atoms with Crippen molar-refractivity contribution in [2.45, 2.75) is 25.6 Å². The molecule has 1 aliphatic heterocycles. The number of hydrogen-bond acceptors (Lipinski definition) is 5. The van der Waals surface area contributed by atoms with Gasteiger partial charge in [-0.15, -0.1) is 12.4 Å². The average molecular weight is 365 g/mol. The van der Waals surface area contributed by atoms with Crippen molar-refractivity contribution in [3.63, 3.8) is 0 Å². The Balaban J connectivity index is 0.00000225. The minimum atomic E-state index is -0.372. The summed E-state index contributed by atoms with van der Waals surface area (Å²) in [4.78, 5) is 27.8. The highest BCUT2D eigenvalue weighted by Crippen LogP contribution is 2.13. The molecule has 134 valence electrons. The Labute approximate surface area is 151 Å². The third-order valence-corrected chi connectivity index (χ3v) is 3.93. The van der Waals surface area contributed by atoms with Crippen molar-refractivity contribution in [1.29, 1.82) is 0 Å². The first-order chi connectivity index (χ1) is 11.6. The van der Waals surface area contributed by atoms with E-state index in [1.165, 1.54) is 10.8 Å². The van der Waals surface area contributed by atoms with Crippen LogP contribution >= 0.6 is 12.4 Å². The quantitative estimate of drug-likeness (QED) is 0.846. The molecule has 0 unspecified atom stereocenters. The van der Waals surface area contributed by atoms with E-state index >= 15 is 0 Å². The normalized spacial score (nSPS) is 19.7. The van der Waals surface area contributed by atoms with Crippen molar-refractivity contribution in [3.05, 3.63) is 58.8 Å². The Morgan fingerprint density at radius 3 is 3.04 bits per heavy atom. The van der Waals surface area contributed by atoms with Crippen LogP contribution < -0.4 is 16.3 Å². The van der Waals surface area contributed by atoms with Gasteiger partial charge >= 0.3 is 5.69 Å². The number of rotatable bonds is 4. The first kappa shape index (κ1) is 19.1. The number of benzene rings is 1. The fraction of sp³-hybridized carbons (Fsp3) is 0.353. The fourth-order valence-electron chi connectivity index (χ4n) is 2.70. The molecule has 1 saturated heterocycles. The summed E-state index contributed by atoms with van der Waals surface area (Å²) in [7, 11) is 0. The van der Waals surface area contributed by atoms with Crippen LogP contribution in [0.5, 0.6) is 0 Å². The highest BCUT2D eigenvalue weighted by molar-refractivity contribution is 5.95. The molecule has 25 heavy (non-hydrogen) atoms. The summed E-state index contributed by atoms with van der Waals surface area (Å²) in [5.74, 6) is -0.127. The zero-order valence-corrected chi connectivity index (χ0v) is 14.7. The van der Waals surface area contributed by atoms with Crippen LogP contribution in [0.1, 0.15) is 12.5 Å². The third-order valence-electron chi connectivity index (χ3n) is 3.93. The van der Waals surface area contributed by atoms with Crippen molar-refractivity contribution in [1.82, 2.24) is 14.9 Å². The van der Waals surface area contributed by atoms with E-state index in [9.17, 15) is 9.59 Å². The Kier molecular flexibility index (Phi) is 6.69. The summed E-state index contributed by atoms with van der Waals surface area (Å²) in [5.41, 5.74) is 1.29. The lowest BCUT2D eigenvalue weighted by atomic mass is 10.1. The van der Waals surface area contributed by atoms with Crippen LogP contribution in [0.4, 0.5) is 5.69 Å². The van der Waals surface area contributed by atoms with Crippen LogP contribution in [0.15, 0.2) is 47.5 Å². The molecule has 1 amide bonds. The number of halogens is 1. The monoisotopic (exact) mass is 364 g/mol. The van der Waals surface area contributed by atoms with Crippen LogP contribution in [0, 0.1) is 0 Å². The van der Waals surface area contributed by atoms with Gasteiger partial charge in [0.2, 0.25) is 5.91 Å². The standard InChI is InChI=1S/C17H20N4O3.ClH/c1-12-15(18-7-9-24-12)16(22)20-14-5-2-4-13(10-14)11-21-8-3-6-19-17(21)23;/h2-6,8,10,12,15,18H,7,9,11H2,1H3,(H,20,22);1H/t12-,15+;/m1./s1. The predicted octanol–water partition coefficient (Wildman–Crippen LogP) is 1.03. The molecule has 1 fully saturated rings. The molecule has 0 aliphatic carbocycles. The number of aromatic nitrogens is 2. The zero-order chi connectivity index (χ0) is 16.9. The second-order valence-corrected chi connectivity index (χ2v) is 5.73. The molecule has 1 aliphatic rings. The summed E-state index contributed by atoms with van der Waals surface area (Å²) in [6.07, 6.45) is 2.98. The van der Waals surface area contributed by atoms with Gasteiger partial charge in [-0.05, 0) is 30.7 Å². The van der Waals surface area contributed by atoms with E-state index in [0.29, 0.717) is 25.4 Å². The number of nitrogens with one attached hydrogen (secondary N) is 2. The van der Waals surface area contributed by atoms with E-state index in [-0.39, 0.29) is 36.1 Å². The lowest BCUT2D eigenvalue weighted by molar-refractivity contribution is -0.123. The molecule has 2 N–H and O–H groups in total. The number of carbonyl (C=O) groups excluding carboxylic acids is 1. The predicted molar refractivity (Wildman–Crippen MR) is 97.1 cm³/mol. The van der Waals surface area contributed by atoms with E-state index in [2.05, 4.69) is 15.6 Å². The van der Waals surface area contributed by atoms with Crippen LogP contribution in [-0.2, 0) is 16.1 Å². The van der Waals surface area contributed by atoms with E-state index < -0.39 is 0 Å². The van der Waals surface area contributed by atoms with Gasteiger partial charge in [-0.25, -0.2) is 9.78 Å². The first-order valence-corrected chi connectivity index (χ1v) is 7.90. The molecular weight excluding hydrogens is 344 g/mol. The summed E-state index contributed by atoms with van der Waals surface area (Å²) in [6.45, 7) is 3.55. The van der Waals surface area contributed by atoms with Crippen molar-refractivity contribution in [2.24, 2.45) is 0 Å². The highest BCUT2D eigenvalue weighted by Gasteiger charge is 2.28. The second kappa shape index (κ2) is 8.75. The molecule has 1 aromatic carbocycles. The maximum absolute atomic E-state index is 12.4. The molecule has 0 saturated carbocycles. The van der Waals surface area contributed by atoms with Crippen molar-refractivity contribution in [3.8, 4) is 0 Å². The molecule has 2 heterocycles. The topological polar surface area (TPSA) is 85.2 Å². The summed E-state index contributed by atoms with van der Waals surface area (Å²) < 4.78 is 7.01. The van der Waals surface area contributed by atoms with Crippen LogP contribution in [-0.4, -0.2) is 40.8 Å². The van der Waals surface area contributed by atoms with Gasteiger partial charge in [0.1, 0.15) is 6.04 Å². The van der Waals surface area contributed by atoms with Gasteiger partial charge in [-0.3, -0.25) is 9.36 Å². The maximum Gasteiger partial charge on any atom is 0.347 e. The molecule has 8 heteroatoms. The van der Waals surface area contributed by atoms with Gasteiger partial charge < -0.3 is 15.4 Å². The van der Waals surface area contributed by atoms with E-state index in [1.807, 2.05) is 31.2 Å². The van der Waals surface area contributed by atoms with Crippen LogP contribution in [0.3, 0.4) is 0 Å². The number of anilines is 1. The van der Waals surface area contributed by atoms with Gasteiger partial charge in [0.25, 0.3) is 0 Å². The summed E-state index contributed by atoms with van der Waals surface area (Å²) in [6, 6.07) is 8.76.